The van der Waals surface area contributed by atoms with Gasteiger partial charge in [0.15, 0.2) is 16.6 Å². The van der Waals surface area contributed by atoms with E-state index in [0.29, 0.717) is 0 Å². The molecule has 0 atom stereocenters. The van der Waals surface area contributed by atoms with Crippen LogP contribution in [-0.4, -0.2) is 25.2 Å². The molecule has 0 saturated carbocycles. The van der Waals surface area contributed by atoms with Crippen molar-refractivity contribution in [2.45, 2.75) is 96.8 Å². The molecule has 0 amide bonds. The Morgan fingerprint density at radius 2 is 1.00 bits per heavy atom. The molecule has 0 aliphatic carbocycles. The van der Waals surface area contributed by atoms with Crippen molar-refractivity contribution in [3.63, 3.8) is 0 Å². The maximum absolute atomic E-state index is 6.53. The van der Waals surface area contributed by atoms with Crippen molar-refractivity contribution in [3.8, 4) is 0 Å². The maximum atomic E-state index is 6.53. The summed E-state index contributed by atoms with van der Waals surface area (Å²) in [5.41, 5.74) is 0. The second kappa shape index (κ2) is 9.65. The van der Waals surface area contributed by atoms with Gasteiger partial charge in [0.05, 0.1) is 0 Å². The molecule has 0 spiro atoms. The average Bonchev–Trinajstić information content (AvgIpc) is 2.22. The van der Waals surface area contributed by atoms with Crippen LogP contribution in [0.15, 0.2) is 0 Å². The van der Waals surface area contributed by atoms with Gasteiger partial charge in [-0.1, -0.05) is 51.9 Å². The third-order valence-electron chi connectivity index (χ3n) is 3.18. The zero-order valence-corrected chi connectivity index (χ0v) is 18.7. The Bertz CT molecular complexity index is 254. The summed E-state index contributed by atoms with van der Waals surface area (Å²) in [6, 6.07) is 1.16. The third kappa shape index (κ3) is 13.9. The average molecular weight is 348 g/mol. The van der Waals surface area contributed by atoms with E-state index >= 15 is 0 Å². The standard InChI is InChI=1S/C16H39O2Si3/c1-9-10-11-12-13-14-15-16-21(8,17-19(2,3)4)18-20(5,6)7/h1,9-16H2,2-8H3. The van der Waals surface area contributed by atoms with Crippen LogP contribution in [0.3, 0.4) is 0 Å². The summed E-state index contributed by atoms with van der Waals surface area (Å²) >= 11 is 0. The molecule has 0 aliphatic heterocycles. The molecule has 0 heterocycles. The number of unbranched alkanes of at least 4 members (excludes halogenated alkanes) is 6. The van der Waals surface area contributed by atoms with E-state index in [9.17, 15) is 0 Å². The Morgan fingerprint density at radius 3 is 1.38 bits per heavy atom. The normalized spacial score (nSPS) is 13.7. The van der Waals surface area contributed by atoms with Crippen molar-refractivity contribution in [3.05, 3.63) is 6.92 Å². The predicted molar refractivity (Wildman–Crippen MR) is 103 cm³/mol. The Labute approximate surface area is 137 Å². The highest BCUT2D eigenvalue weighted by Crippen LogP contribution is 2.26. The van der Waals surface area contributed by atoms with Gasteiger partial charge in [-0.3, -0.25) is 0 Å². The number of hydrogen-bond donors (Lipinski definition) is 0. The molecule has 0 aromatic carbocycles. The van der Waals surface area contributed by atoms with E-state index in [1.54, 1.807) is 0 Å². The lowest BCUT2D eigenvalue weighted by molar-refractivity contribution is 0.380. The van der Waals surface area contributed by atoms with Crippen LogP contribution < -0.4 is 0 Å². The lowest BCUT2D eigenvalue weighted by Gasteiger charge is -2.38. The van der Waals surface area contributed by atoms with E-state index < -0.39 is 25.2 Å². The lowest BCUT2D eigenvalue weighted by atomic mass is 10.1. The Kier molecular flexibility index (Phi) is 9.91. The van der Waals surface area contributed by atoms with E-state index in [1.807, 2.05) is 0 Å². The summed E-state index contributed by atoms with van der Waals surface area (Å²) in [5.74, 6) is 0. The van der Waals surface area contributed by atoms with Gasteiger partial charge in [-0.2, -0.15) is 0 Å². The second-order valence-corrected chi connectivity index (χ2v) is 21.1. The topological polar surface area (TPSA) is 18.5 Å². The minimum absolute atomic E-state index is 1.08. The van der Waals surface area contributed by atoms with Crippen molar-refractivity contribution in [1.82, 2.24) is 0 Å². The van der Waals surface area contributed by atoms with Crippen LogP contribution in [0.1, 0.15) is 44.9 Å². The van der Waals surface area contributed by atoms with Crippen molar-refractivity contribution < 1.29 is 8.23 Å². The Balaban J connectivity index is 4.23. The fourth-order valence-corrected chi connectivity index (χ4v) is 15.4. The first-order valence-corrected chi connectivity index (χ1v) is 18.0. The number of rotatable bonds is 12. The summed E-state index contributed by atoms with van der Waals surface area (Å²) in [6.07, 6.45) is 9.01. The van der Waals surface area contributed by atoms with Gasteiger partial charge in [-0.15, -0.1) is 0 Å². The van der Waals surface area contributed by atoms with E-state index in [1.165, 1.54) is 38.5 Å². The zero-order valence-electron chi connectivity index (χ0n) is 15.7. The highest BCUT2D eigenvalue weighted by Gasteiger charge is 2.39. The summed E-state index contributed by atoms with van der Waals surface area (Å²) < 4.78 is 13.1. The van der Waals surface area contributed by atoms with Gasteiger partial charge < -0.3 is 8.23 Å². The number of hydrogen-bond acceptors (Lipinski definition) is 2. The SMILES string of the molecule is [CH2]CCCCCCCC[Si](C)(O[Si](C)(C)C)O[Si](C)(C)C. The van der Waals surface area contributed by atoms with Crippen molar-refractivity contribution >= 4 is 25.2 Å². The molecule has 0 unspecified atom stereocenters. The van der Waals surface area contributed by atoms with Gasteiger partial charge in [-0.05, 0) is 51.9 Å². The van der Waals surface area contributed by atoms with Gasteiger partial charge >= 0.3 is 8.56 Å². The molecule has 0 aromatic heterocycles. The molecule has 0 saturated heterocycles. The molecule has 0 N–H and O–H groups in total. The van der Waals surface area contributed by atoms with Crippen LogP contribution in [0.2, 0.25) is 51.9 Å². The Morgan fingerprint density at radius 1 is 0.619 bits per heavy atom. The molecule has 1 radical (unpaired) electrons. The minimum atomic E-state index is -1.98. The van der Waals surface area contributed by atoms with Crippen LogP contribution in [0.25, 0.3) is 0 Å². The minimum Gasteiger partial charge on any atom is -0.437 e. The molecule has 0 aliphatic rings. The molecule has 127 valence electrons. The van der Waals surface area contributed by atoms with Gasteiger partial charge in [0.2, 0.25) is 0 Å². The monoisotopic (exact) mass is 347 g/mol. The molecule has 0 bridgehead atoms. The summed E-state index contributed by atoms with van der Waals surface area (Å²) in [4.78, 5) is 0. The summed E-state index contributed by atoms with van der Waals surface area (Å²) in [6.45, 7) is 19.9. The van der Waals surface area contributed by atoms with Crippen LogP contribution in [0.4, 0.5) is 0 Å². The third-order valence-corrected chi connectivity index (χ3v) is 12.8. The van der Waals surface area contributed by atoms with E-state index in [2.05, 4.69) is 52.8 Å². The zero-order chi connectivity index (χ0) is 16.6. The predicted octanol–water partition coefficient (Wildman–Crippen LogP) is 6.33. The fourth-order valence-electron chi connectivity index (χ4n) is 2.75. The lowest BCUT2D eigenvalue weighted by Crippen LogP contribution is -2.52. The first-order chi connectivity index (χ1) is 9.47. The maximum Gasteiger partial charge on any atom is 0.314 e. The van der Waals surface area contributed by atoms with E-state index in [-0.39, 0.29) is 0 Å². The largest absolute Gasteiger partial charge is 0.437 e. The van der Waals surface area contributed by atoms with Crippen molar-refractivity contribution in [1.29, 1.82) is 0 Å². The van der Waals surface area contributed by atoms with Crippen molar-refractivity contribution in [2.75, 3.05) is 0 Å². The summed E-state index contributed by atoms with van der Waals surface area (Å²) in [5, 5.41) is 0. The smallest absolute Gasteiger partial charge is 0.314 e. The first-order valence-electron chi connectivity index (χ1n) is 8.67. The van der Waals surface area contributed by atoms with E-state index in [0.717, 1.165) is 12.5 Å². The fraction of sp³-hybridized carbons (Fsp3) is 0.938. The second-order valence-electron chi connectivity index (χ2n) is 8.29. The van der Waals surface area contributed by atoms with Gasteiger partial charge in [0, 0.05) is 0 Å². The quantitative estimate of drug-likeness (QED) is 0.303. The molecule has 0 aromatic rings. The summed E-state index contributed by atoms with van der Waals surface area (Å²) in [7, 11) is -5.04. The molecular weight excluding hydrogens is 308 g/mol. The first kappa shape index (κ1) is 21.6. The van der Waals surface area contributed by atoms with E-state index in [4.69, 9.17) is 8.23 Å². The van der Waals surface area contributed by atoms with Gasteiger partial charge in [0.25, 0.3) is 0 Å². The highest BCUT2D eigenvalue weighted by molar-refractivity contribution is 6.87. The van der Waals surface area contributed by atoms with Crippen LogP contribution in [-0.2, 0) is 8.23 Å². The van der Waals surface area contributed by atoms with Gasteiger partial charge in [-0.25, -0.2) is 0 Å². The van der Waals surface area contributed by atoms with Crippen LogP contribution >= 0.6 is 0 Å². The molecule has 21 heavy (non-hydrogen) atoms. The molecule has 2 nitrogen and oxygen atoms in total. The molecule has 0 rings (SSSR count). The van der Waals surface area contributed by atoms with Crippen molar-refractivity contribution in [2.24, 2.45) is 0 Å². The van der Waals surface area contributed by atoms with Crippen LogP contribution in [0.5, 0.6) is 0 Å². The highest BCUT2D eigenvalue weighted by atomic mass is 28.5. The van der Waals surface area contributed by atoms with Crippen LogP contribution in [0, 0.1) is 6.92 Å². The van der Waals surface area contributed by atoms with Gasteiger partial charge in [0.1, 0.15) is 0 Å². The Hall–Kier alpha value is 0.571. The molecule has 0 fully saturated rings. The molecule has 5 heteroatoms. The molecular formula is C16H39O2Si3.